The van der Waals surface area contributed by atoms with E-state index in [0.29, 0.717) is 12.4 Å². The molecule has 11 heteroatoms. The van der Waals surface area contributed by atoms with Gasteiger partial charge in [0.05, 0.1) is 4.90 Å². The Balaban J connectivity index is 1.61. The molecule has 226 valence electrons. The van der Waals surface area contributed by atoms with Crippen molar-refractivity contribution < 1.29 is 22.7 Å². The number of nitrogens with one attached hydrogen (secondary N) is 3. The molecule has 0 radical (unpaired) electrons. The number of benzene rings is 1. The van der Waals surface area contributed by atoms with Crippen molar-refractivity contribution in [2.24, 2.45) is 4.99 Å². The normalized spacial score (nSPS) is 15.0. The first-order valence-electron chi connectivity index (χ1n) is 14.1. The Morgan fingerprint density at radius 3 is 2.32 bits per heavy atom. The number of unbranched alkanes of at least 4 members (excludes halogenated alkanes) is 1. The van der Waals surface area contributed by atoms with Gasteiger partial charge in [0.25, 0.3) is 0 Å². The minimum Gasteiger partial charge on any atom is -0.459 e. The Labute approximate surface area is 248 Å². The van der Waals surface area contributed by atoms with Crippen LogP contribution in [0.3, 0.4) is 0 Å². The van der Waals surface area contributed by atoms with Crippen LogP contribution in [-0.2, 0) is 42.6 Å². The van der Waals surface area contributed by atoms with Gasteiger partial charge in [0.15, 0.2) is 5.96 Å². The zero-order chi connectivity index (χ0) is 30.3. The van der Waals surface area contributed by atoms with Crippen LogP contribution in [0.2, 0.25) is 0 Å². The maximum absolute atomic E-state index is 13.3. The Morgan fingerprint density at radius 1 is 1.02 bits per heavy atom. The van der Waals surface area contributed by atoms with Crippen LogP contribution in [0.1, 0.15) is 82.5 Å². The van der Waals surface area contributed by atoms with Gasteiger partial charge < -0.3 is 10.1 Å². The molecular formula is C30H44N4O5S2. The molecule has 3 N–H and O–H groups in total. The smallest absolute Gasteiger partial charge is 0.325 e. The minimum absolute atomic E-state index is 0.0504. The number of aryl methyl sites for hydroxylation is 1. The SMILES string of the molecule is CC(C)(C)OC(=O)C(Cc1ccc(CCCCC(=O)NC2=NCCCN2)s1)NS(=O)(=O)c1ccc(C(C)(C)C)cc1. The van der Waals surface area contributed by atoms with Gasteiger partial charge in [-0.3, -0.25) is 19.9 Å². The van der Waals surface area contributed by atoms with Gasteiger partial charge >= 0.3 is 5.97 Å². The third-order valence-electron chi connectivity index (χ3n) is 6.37. The Morgan fingerprint density at radius 2 is 1.71 bits per heavy atom. The number of carbonyl (C=O) groups is 2. The van der Waals surface area contributed by atoms with Gasteiger partial charge in [0, 0.05) is 35.7 Å². The highest BCUT2D eigenvalue weighted by Crippen LogP contribution is 2.25. The number of hydrogen-bond donors (Lipinski definition) is 3. The van der Waals surface area contributed by atoms with Crippen LogP contribution in [0.4, 0.5) is 0 Å². The molecule has 0 bridgehead atoms. The van der Waals surface area contributed by atoms with Crippen molar-refractivity contribution in [1.29, 1.82) is 0 Å². The molecule has 1 aliphatic heterocycles. The number of sulfonamides is 1. The molecule has 1 aromatic heterocycles. The number of ether oxygens (including phenoxy) is 1. The van der Waals surface area contributed by atoms with Crippen LogP contribution in [-0.4, -0.2) is 51.0 Å². The van der Waals surface area contributed by atoms with Crippen molar-refractivity contribution in [2.45, 2.75) is 102 Å². The molecule has 1 aromatic carbocycles. The molecule has 0 fully saturated rings. The maximum atomic E-state index is 13.3. The van der Waals surface area contributed by atoms with Gasteiger partial charge in [-0.2, -0.15) is 4.72 Å². The molecule has 1 atom stereocenters. The number of aliphatic imine (C=N–C) groups is 1. The molecular weight excluding hydrogens is 560 g/mol. The fourth-order valence-corrected chi connectivity index (χ4v) is 6.49. The summed E-state index contributed by atoms with van der Waals surface area (Å²) in [5, 5.41) is 5.89. The van der Waals surface area contributed by atoms with Crippen LogP contribution >= 0.6 is 11.3 Å². The van der Waals surface area contributed by atoms with Crippen LogP contribution in [0, 0.1) is 0 Å². The summed E-state index contributed by atoms with van der Waals surface area (Å²) in [5.74, 6) is -0.114. The van der Waals surface area contributed by atoms with E-state index in [1.807, 2.05) is 12.1 Å². The first-order valence-corrected chi connectivity index (χ1v) is 16.4. The standard InChI is InChI=1S/C30H44N4O5S2/c1-29(2,3)21-12-16-24(17-13-21)41(37,38)34-25(27(36)39-30(4,5)6)20-23-15-14-22(40-23)10-7-8-11-26(35)33-28-31-18-9-19-32-28/h12-17,25,34H,7-11,18-20H2,1-6H3,(H2,31,32,33,35). The largest absolute Gasteiger partial charge is 0.459 e. The second-order valence-electron chi connectivity index (χ2n) is 12.3. The Kier molecular flexibility index (Phi) is 11.1. The van der Waals surface area contributed by atoms with Crippen molar-refractivity contribution in [3.8, 4) is 0 Å². The zero-order valence-corrected chi connectivity index (χ0v) is 26.6. The number of esters is 1. The van der Waals surface area contributed by atoms with Crippen molar-refractivity contribution in [1.82, 2.24) is 15.4 Å². The summed E-state index contributed by atoms with van der Waals surface area (Å²) in [4.78, 5) is 31.6. The third-order valence-corrected chi connectivity index (χ3v) is 9.03. The molecule has 41 heavy (non-hydrogen) atoms. The monoisotopic (exact) mass is 604 g/mol. The summed E-state index contributed by atoms with van der Waals surface area (Å²) >= 11 is 1.54. The van der Waals surface area contributed by atoms with E-state index in [1.165, 1.54) is 11.3 Å². The average Bonchev–Trinajstić information content (AvgIpc) is 3.32. The van der Waals surface area contributed by atoms with Gasteiger partial charge in [-0.1, -0.05) is 32.9 Å². The summed E-state index contributed by atoms with van der Waals surface area (Å²) in [6.45, 7) is 13.0. The molecule has 9 nitrogen and oxygen atoms in total. The van der Waals surface area contributed by atoms with E-state index in [1.54, 1.807) is 45.0 Å². The lowest BCUT2D eigenvalue weighted by Crippen LogP contribution is -2.45. The highest BCUT2D eigenvalue weighted by molar-refractivity contribution is 7.89. The number of thiophene rings is 1. The summed E-state index contributed by atoms with van der Waals surface area (Å²) in [6, 6.07) is 9.57. The molecule has 0 saturated carbocycles. The molecule has 0 saturated heterocycles. The van der Waals surface area contributed by atoms with Crippen LogP contribution < -0.4 is 15.4 Å². The number of nitrogens with zero attached hydrogens (tertiary/aromatic N) is 1. The summed E-state index contributed by atoms with van der Waals surface area (Å²) < 4.78 is 34.7. The van der Waals surface area contributed by atoms with Crippen molar-refractivity contribution >= 4 is 39.2 Å². The number of rotatable bonds is 11. The molecule has 2 aromatic rings. The predicted octanol–water partition coefficient (Wildman–Crippen LogP) is 4.46. The van der Waals surface area contributed by atoms with E-state index in [0.717, 1.165) is 54.1 Å². The fraction of sp³-hybridized carbons (Fsp3) is 0.567. The predicted molar refractivity (Wildman–Crippen MR) is 164 cm³/mol. The van der Waals surface area contributed by atoms with Gasteiger partial charge in [0.1, 0.15) is 11.6 Å². The molecule has 3 rings (SSSR count). The third kappa shape index (κ3) is 10.9. The minimum atomic E-state index is -3.97. The number of carbonyl (C=O) groups excluding carboxylic acids is 2. The van der Waals surface area contributed by atoms with Gasteiger partial charge in [-0.05, 0) is 81.7 Å². The van der Waals surface area contributed by atoms with Crippen molar-refractivity contribution in [3.63, 3.8) is 0 Å². The van der Waals surface area contributed by atoms with Gasteiger partial charge in [-0.15, -0.1) is 11.3 Å². The lowest BCUT2D eigenvalue weighted by Gasteiger charge is -2.24. The average molecular weight is 605 g/mol. The number of hydrogen-bond acceptors (Lipinski definition) is 8. The van der Waals surface area contributed by atoms with E-state index in [9.17, 15) is 18.0 Å². The number of amides is 1. The van der Waals surface area contributed by atoms with E-state index >= 15 is 0 Å². The second kappa shape index (κ2) is 13.9. The lowest BCUT2D eigenvalue weighted by molar-refractivity contribution is -0.156. The van der Waals surface area contributed by atoms with Crippen molar-refractivity contribution in [2.75, 3.05) is 13.1 Å². The highest BCUT2D eigenvalue weighted by atomic mass is 32.2. The van der Waals surface area contributed by atoms with Crippen LogP contribution in [0.15, 0.2) is 46.3 Å². The molecule has 2 heterocycles. The summed E-state index contributed by atoms with van der Waals surface area (Å²) in [5.41, 5.74) is 0.143. The van der Waals surface area contributed by atoms with Crippen molar-refractivity contribution in [3.05, 3.63) is 51.7 Å². The van der Waals surface area contributed by atoms with Crippen LogP contribution in [0.5, 0.6) is 0 Å². The van der Waals surface area contributed by atoms with E-state index in [4.69, 9.17) is 4.74 Å². The zero-order valence-electron chi connectivity index (χ0n) is 25.0. The first kappa shape index (κ1) is 32.8. The molecule has 0 aliphatic carbocycles. The Bertz CT molecular complexity index is 1320. The fourth-order valence-electron chi connectivity index (χ4n) is 4.20. The quantitative estimate of drug-likeness (QED) is 0.257. The maximum Gasteiger partial charge on any atom is 0.325 e. The van der Waals surface area contributed by atoms with Crippen LogP contribution in [0.25, 0.3) is 0 Å². The van der Waals surface area contributed by atoms with E-state index in [2.05, 4.69) is 41.1 Å². The lowest BCUT2D eigenvalue weighted by atomic mass is 9.87. The van der Waals surface area contributed by atoms with Gasteiger partial charge in [0.2, 0.25) is 15.9 Å². The topological polar surface area (TPSA) is 126 Å². The summed E-state index contributed by atoms with van der Waals surface area (Å²) in [6.07, 6.45) is 3.92. The molecule has 1 unspecified atom stereocenters. The Hall–Kier alpha value is -2.76. The highest BCUT2D eigenvalue weighted by Gasteiger charge is 2.31. The van der Waals surface area contributed by atoms with E-state index < -0.39 is 27.6 Å². The number of guanidine groups is 1. The summed E-state index contributed by atoms with van der Waals surface area (Å²) in [7, 11) is -3.97. The molecule has 0 spiro atoms. The molecule has 1 amide bonds. The molecule has 1 aliphatic rings. The first-order chi connectivity index (χ1) is 19.1. The second-order valence-corrected chi connectivity index (χ2v) is 15.3. The van der Waals surface area contributed by atoms with E-state index in [-0.39, 0.29) is 22.6 Å². The van der Waals surface area contributed by atoms with Gasteiger partial charge in [-0.25, -0.2) is 8.42 Å².